The van der Waals surface area contributed by atoms with Crippen LogP contribution in [0.5, 0.6) is 0 Å². The summed E-state index contributed by atoms with van der Waals surface area (Å²) in [6, 6.07) is 8.69. The van der Waals surface area contributed by atoms with Gasteiger partial charge in [-0.2, -0.15) is 0 Å². The number of aliphatic hydroxyl groups is 1. The second-order valence-electron chi connectivity index (χ2n) is 6.13. The van der Waals surface area contributed by atoms with Gasteiger partial charge in [0.15, 0.2) is 0 Å². The number of rotatable bonds is 4. The molecule has 0 aromatic heterocycles. The van der Waals surface area contributed by atoms with Gasteiger partial charge in [-0.25, -0.2) is 0 Å². The maximum atomic E-state index is 10.4. The van der Waals surface area contributed by atoms with Crippen LogP contribution in [0.25, 0.3) is 0 Å². The van der Waals surface area contributed by atoms with Crippen LogP contribution in [0.3, 0.4) is 0 Å². The third kappa shape index (κ3) is 3.34. The van der Waals surface area contributed by atoms with Crippen LogP contribution < -0.4 is 5.32 Å². The van der Waals surface area contributed by atoms with E-state index in [-0.39, 0.29) is 0 Å². The Hall–Kier alpha value is -0.610. The number of benzene rings is 1. The minimum atomic E-state index is -0.566. The van der Waals surface area contributed by atoms with Crippen LogP contribution in [0.1, 0.15) is 37.2 Å². The van der Waals surface area contributed by atoms with Crippen molar-refractivity contribution in [1.29, 1.82) is 0 Å². The molecule has 3 nitrogen and oxygen atoms in total. The third-order valence-electron chi connectivity index (χ3n) is 4.62. The minimum absolute atomic E-state index is 0.530. The third-order valence-corrected chi connectivity index (χ3v) is 4.87. The first kappa shape index (κ1) is 14.3. The van der Waals surface area contributed by atoms with E-state index in [4.69, 9.17) is 16.3 Å². The van der Waals surface area contributed by atoms with E-state index in [1.54, 1.807) is 0 Å². The van der Waals surface area contributed by atoms with Gasteiger partial charge >= 0.3 is 0 Å². The monoisotopic (exact) mass is 295 g/mol. The molecule has 2 N–H and O–H groups in total. The van der Waals surface area contributed by atoms with E-state index in [9.17, 15) is 5.11 Å². The summed E-state index contributed by atoms with van der Waals surface area (Å²) in [6.07, 6.45) is 3.78. The van der Waals surface area contributed by atoms with Crippen molar-refractivity contribution in [3.8, 4) is 0 Å². The topological polar surface area (TPSA) is 41.5 Å². The summed E-state index contributed by atoms with van der Waals surface area (Å²) >= 11 is 5.91. The number of nitrogens with one attached hydrogen (secondary N) is 1. The predicted octanol–water partition coefficient (Wildman–Crippen LogP) is 2.72. The Kier molecular flexibility index (Phi) is 4.32. The van der Waals surface area contributed by atoms with E-state index in [1.165, 1.54) is 5.56 Å². The Labute approximate surface area is 125 Å². The zero-order valence-corrected chi connectivity index (χ0v) is 12.4. The van der Waals surface area contributed by atoms with Gasteiger partial charge in [0, 0.05) is 43.7 Å². The van der Waals surface area contributed by atoms with Crippen LogP contribution in [0.4, 0.5) is 0 Å². The van der Waals surface area contributed by atoms with Crippen molar-refractivity contribution < 1.29 is 9.84 Å². The lowest BCUT2D eigenvalue weighted by atomic mass is 9.75. The summed E-state index contributed by atoms with van der Waals surface area (Å²) in [6.45, 7) is 2.04. The molecule has 1 aromatic rings. The molecule has 1 aliphatic carbocycles. The summed E-state index contributed by atoms with van der Waals surface area (Å²) in [4.78, 5) is 0. The van der Waals surface area contributed by atoms with Crippen molar-refractivity contribution in [3.05, 3.63) is 34.9 Å². The van der Waals surface area contributed by atoms with Crippen LogP contribution >= 0.6 is 11.6 Å². The van der Waals surface area contributed by atoms with Gasteiger partial charge in [0.2, 0.25) is 0 Å². The molecule has 1 saturated carbocycles. The van der Waals surface area contributed by atoms with E-state index >= 15 is 0 Å². The van der Waals surface area contributed by atoms with E-state index < -0.39 is 5.60 Å². The molecule has 1 heterocycles. The summed E-state index contributed by atoms with van der Waals surface area (Å²) in [7, 11) is 0. The lowest BCUT2D eigenvalue weighted by Crippen LogP contribution is -2.50. The smallest absolute Gasteiger partial charge is 0.0815 e. The van der Waals surface area contributed by atoms with Gasteiger partial charge in [-0.05, 0) is 36.5 Å². The molecule has 1 aliphatic heterocycles. The average Bonchev–Trinajstić information content (AvgIpc) is 2.40. The van der Waals surface area contributed by atoms with Crippen LogP contribution in [-0.2, 0) is 4.74 Å². The molecule has 0 atom stereocenters. The minimum Gasteiger partial charge on any atom is -0.388 e. The van der Waals surface area contributed by atoms with Gasteiger partial charge in [-0.15, -0.1) is 0 Å². The normalized spacial score (nSPS) is 28.9. The van der Waals surface area contributed by atoms with Gasteiger partial charge in [0.25, 0.3) is 0 Å². The Balaban J connectivity index is 1.43. The molecule has 0 amide bonds. The van der Waals surface area contributed by atoms with Crippen LogP contribution in [0.2, 0.25) is 5.02 Å². The predicted molar refractivity (Wildman–Crippen MR) is 80.2 cm³/mol. The molecule has 0 radical (unpaired) electrons. The van der Waals surface area contributed by atoms with E-state index in [2.05, 4.69) is 17.4 Å². The zero-order valence-electron chi connectivity index (χ0n) is 11.6. The Morgan fingerprint density at radius 1 is 1.20 bits per heavy atom. The Morgan fingerprint density at radius 3 is 2.50 bits per heavy atom. The van der Waals surface area contributed by atoms with E-state index in [0.717, 1.165) is 30.7 Å². The fourth-order valence-corrected chi connectivity index (χ4v) is 3.18. The Bertz CT molecular complexity index is 436. The molecule has 20 heavy (non-hydrogen) atoms. The number of hydrogen-bond donors (Lipinski definition) is 2. The van der Waals surface area contributed by atoms with Gasteiger partial charge in [0.1, 0.15) is 0 Å². The van der Waals surface area contributed by atoms with Crippen LogP contribution in [0, 0.1) is 0 Å². The van der Waals surface area contributed by atoms with Crippen molar-refractivity contribution in [2.24, 2.45) is 0 Å². The number of halogens is 1. The molecule has 0 spiro atoms. The molecule has 110 valence electrons. The lowest BCUT2D eigenvalue weighted by Gasteiger charge is -2.40. The highest BCUT2D eigenvalue weighted by molar-refractivity contribution is 6.30. The van der Waals surface area contributed by atoms with Gasteiger partial charge < -0.3 is 15.2 Å². The number of hydrogen-bond acceptors (Lipinski definition) is 3. The van der Waals surface area contributed by atoms with Gasteiger partial charge in [-0.3, -0.25) is 0 Å². The molecule has 0 bridgehead atoms. The summed E-state index contributed by atoms with van der Waals surface area (Å²) in [5.41, 5.74) is 0.807. The largest absolute Gasteiger partial charge is 0.388 e. The van der Waals surface area contributed by atoms with Crippen molar-refractivity contribution in [2.45, 2.75) is 43.2 Å². The molecular weight excluding hydrogens is 274 g/mol. The molecule has 4 heteroatoms. The fourth-order valence-electron chi connectivity index (χ4n) is 3.05. The highest BCUT2D eigenvalue weighted by Crippen LogP contribution is 2.37. The highest BCUT2D eigenvalue weighted by Gasteiger charge is 2.34. The van der Waals surface area contributed by atoms with Crippen molar-refractivity contribution >= 4 is 11.6 Å². The fraction of sp³-hybridized carbons (Fsp3) is 0.625. The maximum Gasteiger partial charge on any atom is 0.0815 e. The summed E-state index contributed by atoms with van der Waals surface area (Å²) in [5.74, 6) is 0.633. The lowest BCUT2D eigenvalue weighted by molar-refractivity contribution is -0.0640. The second-order valence-corrected chi connectivity index (χ2v) is 6.57. The molecule has 1 saturated heterocycles. The average molecular weight is 296 g/mol. The van der Waals surface area contributed by atoms with Crippen molar-refractivity contribution in [2.75, 3.05) is 19.8 Å². The molecular formula is C16H22ClNO2. The Morgan fingerprint density at radius 2 is 1.85 bits per heavy atom. The first-order valence-corrected chi connectivity index (χ1v) is 7.81. The van der Waals surface area contributed by atoms with Crippen LogP contribution in [0.15, 0.2) is 24.3 Å². The second kappa shape index (κ2) is 6.02. The molecule has 2 fully saturated rings. The SMILES string of the molecule is OC1(CNC2CC(c3ccc(Cl)cc3)C2)CCOCC1. The molecule has 0 unspecified atom stereocenters. The quantitative estimate of drug-likeness (QED) is 0.897. The van der Waals surface area contributed by atoms with E-state index in [1.807, 2.05) is 12.1 Å². The van der Waals surface area contributed by atoms with Gasteiger partial charge in [0.05, 0.1) is 5.60 Å². The summed E-state index contributed by atoms with van der Waals surface area (Å²) in [5, 5.41) is 14.7. The van der Waals surface area contributed by atoms with E-state index in [0.29, 0.717) is 31.7 Å². The first-order valence-electron chi connectivity index (χ1n) is 7.44. The summed E-state index contributed by atoms with van der Waals surface area (Å²) < 4.78 is 5.30. The molecule has 2 aliphatic rings. The van der Waals surface area contributed by atoms with Gasteiger partial charge in [-0.1, -0.05) is 23.7 Å². The number of ether oxygens (including phenoxy) is 1. The standard InChI is InChI=1S/C16H22ClNO2/c17-14-3-1-12(2-4-14)13-9-15(10-13)18-11-16(19)5-7-20-8-6-16/h1-4,13,15,18-19H,5-11H2. The maximum absolute atomic E-state index is 10.4. The first-order chi connectivity index (χ1) is 9.65. The molecule has 1 aromatic carbocycles. The van der Waals surface area contributed by atoms with Crippen molar-refractivity contribution in [3.63, 3.8) is 0 Å². The van der Waals surface area contributed by atoms with Crippen molar-refractivity contribution in [1.82, 2.24) is 5.32 Å². The zero-order chi connectivity index (χ0) is 14.0. The molecule has 3 rings (SSSR count). The van der Waals surface area contributed by atoms with Crippen LogP contribution in [-0.4, -0.2) is 36.5 Å². The highest BCUT2D eigenvalue weighted by atomic mass is 35.5.